The van der Waals surface area contributed by atoms with Crippen molar-refractivity contribution in [2.75, 3.05) is 6.54 Å². The first-order chi connectivity index (χ1) is 8.88. The van der Waals surface area contributed by atoms with Crippen molar-refractivity contribution in [1.29, 1.82) is 0 Å². The van der Waals surface area contributed by atoms with Crippen LogP contribution >= 0.6 is 0 Å². The lowest BCUT2D eigenvalue weighted by atomic mass is 10.1. The van der Waals surface area contributed by atoms with Crippen molar-refractivity contribution in [3.8, 4) is 0 Å². The van der Waals surface area contributed by atoms with Crippen LogP contribution in [-0.2, 0) is 9.59 Å². The van der Waals surface area contributed by atoms with Gasteiger partial charge in [0.2, 0.25) is 5.91 Å². The third-order valence-corrected chi connectivity index (χ3v) is 2.27. The Labute approximate surface area is 111 Å². The van der Waals surface area contributed by atoms with E-state index in [9.17, 15) is 14.4 Å². The maximum atomic E-state index is 11.8. The molecule has 0 fully saturated rings. The van der Waals surface area contributed by atoms with Gasteiger partial charge in [0.05, 0.1) is 6.54 Å². The fourth-order valence-electron chi connectivity index (χ4n) is 1.57. The largest absolute Gasteiger partial charge is 0.343 e. The molecule has 0 spiro atoms. The van der Waals surface area contributed by atoms with Crippen LogP contribution in [0.4, 0.5) is 0 Å². The average molecular weight is 263 g/mol. The SMILES string of the molecule is CC(=O)NNC(=O)CNC(=O)c1cc(C)cc(C)c1. The molecule has 1 rings (SSSR count). The zero-order valence-electron chi connectivity index (χ0n) is 11.2. The number of benzene rings is 1. The number of hydrogen-bond acceptors (Lipinski definition) is 3. The maximum Gasteiger partial charge on any atom is 0.257 e. The van der Waals surface area contributed by atoms with Crippen LogP contribution < -0.4 is 16.2 Å². The second-order valence-corrected chi connectivity index (χ2v) is 4.29. The second-order valence-electron chi connectivity index (χ2n) is 4.29. The molecule has 6 heteroatoms. The fourth-order valence-corrected chi connectivity index (χ4v) is 1.57. The summed E-state index contributed by atoms with van der Waals surface area (Å²) in [5.41, 5.74) is 6.76. The summed E-state index contributed by atoms with van der Waals surface area (Å²) in [5, 5.41) is 2.47. The topological polar surface area (TPSA) is 87.3 Å². The molecule has 0 saturated carbocycles. The van der Waals surface area contributed by atoms with Crippen LogP contribution in [0, 0.1) is 13.8 Å². The number of carbonyl (C=O) groups excluding carboxylic acids is 3. The van der Waals surface area contributed by atoms with Crippen molar-refractivity contribution in [3.05, 3.63) is 34.9 Å². The molecule has 0 atom stereocenters. The molecule has 0 saturated heterocycles. The summed E-state index contributed by atoms with van der Waals surface area (Å²) in [5.74, 6) is -1.20. The number of hydrazine groups is 1. The molecule has 102 valence electrons. The van der Waals surface area contributed by atoms with E-state index >= 15 is 0 Å². The lowest BCUT2D eigenvalue weighted by molar-refractivity contribution is -0.127. The molecule has 0 unspecified atom stereocenters. The first kappa shape index (κ1) is 14.7. The Balaban J connectivity index is 2.51. The van der Waals surface area contributed by atoms with E-state index in [2.05, 4.69) is 16.2 Å². The van der Waals surface area contributed by atoms with Crippen LogP contribution in [0.25, 0.3) is 0 Å². The molecule has 6 nitrogen and oxygen atoms in total. The van der Waals surface area contributed by atoms with E-state index in [1.54, 1.807) is 12.1 Å². The number of rotatable bonds is 3. The quantitative estimate of drug-likeness (QED) is 0.681. The van der Waals surface area contributed by atoms with Gasteiger partial charge in [-0.3, -0.25) is 25.2 Å². The molecule has 19 heavy (non-hydrogen) atoms. The van der Waals surface area contributed by atoms with Crippen molar-refractivity contribution < 1.29 is 14.4 Å². The third kappa shape index (κ3) is 5.20. The van der Waals surface area contributed by atoms with Gasteiger partial charge in [-0.15, -0.1) is 0 Å². The van der Waals surface area contributed by atoms with Gasteiger partial charge >= 0.3 is 0 Å². The Kier molecular flexibility index (Phi) is 5.05. The van der Waals surface area contributed by atoms with Crippen molar-refractivity contribution in [3.63, 3.8) is 0 Å². The molecule has 0 aromatic heterocycles. The number of hydrogen-bond donors (Lipinski definition) is 3. The fraction of sp³-hybridized carbons (Fsp3) is 0.308. The first-order valence-electron chi connectivity index (χ1n) is 5.80. The van der Waals surface area contributed by atoms with E-state index < -0.39 is 5.91 Å². The zero-order valence-corrected chi connectivity index (χ0v) is 11.2. The Morgan fingerprint density at radius 2 is 1.58 bits per heavy atom. The minimum absolute atomic E-state index is 0.202. The van der Waals surface area contributed by atoms with E-state index in [-0.39, 0.29) is 18.4 Å². The minimum Gasteiger partial charge on any atom is -0.343 e. The summed E-state index contributed by atoms with van der Waals surface area (Å²) in [6.07, 6.45) is 0. The summed E-state index contributed by atoms with van der Waals surface area (Å²) in [7, 11) is 0. The third-order valence-electron chi connectivity index (χ3n) is 2.27. The molecule has 3 N–H and O–H groups in total. The summed E-state index contributed by atoms with van der Waals surface area (Å²) in [6, 6.07) is 5.45. The van der Waals surface area contributed by atoms with Crippen molar-refractivity contribution in [1.82, 2.24) is 16.2 Å². The Morgan fingerprint density at radius 1 is 1.00 bits per heavy atom. The average Bonchev–Trinajstić information content (AvgIpc) is 2.32. The summed E-state index contributed by atoms with van der Waals surface area (Å²) in [4.78, 5) is 33.7. The van der Waals surface area contributed by atoms with Crippen LogP contribution in [0.2, 0.25) is 0 Å². The van der Waals surface area contributed by atoms with Gasteiger partial charge < -0.3 is 5.32 Å². The molecule has 0 radical (unpaired) electrons. The highest BCUT2D eigenvalue weighted by Gasteiger charge is 2.08. The van der Waals surface area contributed by atoms with Gasteiger partial charge in [-0.1, -0.05) is 17.2 Å². The van der Waals surface area contributed by atoms with Gasteiger partial charge in [0.1, 0.15) is 0 Å². The molecule has 0 aliphatic heterocycles. The van der Waals surface area contributed by atoms with E-state index in [0.717, 1.165) is 11.1 Å². The summed E-state index contributed by atoms with van der Waals surface area (Å²) in [6.45, 7) is 4.86. The Morgan fingerprint density at radius 3 is 2.11 bits per heavy atom. The van der Waals surface area contributed by atoms with E-state index in [4.69, 9.17) is 0 Å². The molecule has 1 aromatic rings. The smallest absolute Gasteiger partial charge is 0.257 e. The Bertz CT molecular complexity index is 492. The molecule has 3 amide bonds. The second kappa shape index (κ2) is 6.53. The lowest BCUT2D eigenvalue weighted by Crippen LogP contribution is -2.45. The van der Waals surface area contributed by atoms with E-state index in [1.165, 1.54) is 6.92 Å². The monoisotopic (exact) mass is 263 g/mol. The van der Waals surface area contributed by atoms with Gasteiger partial charge in [-0.25, -0.2) is 0 Å². The van der Waals surface area contributed by atoms with Gasteiger partial charge in [-0.05, 0) is 26.0 Å². The summed E-state index contributed by atoms with van der Waals surface area (Å²) < 4.78 is 0. The highest BCUT2D eigenvalue weighted by atomic mass is 16.2. The normalized spacial score (nSPS) is 9.63. The van der Waals surface area contributed by atoms with Gasteiger partial charge in [0.15, 0.2) is 0 Å². The molecule has 0 heterocycles. The van der Waals surface area contributed by atoms with Crippen LogP contribution in [0.15, 0.2) is 18.2 Å². The number of amides is 3. The number of nitrogens with one attached hydrogen (secondary N) is 3. The van der Waals surface area contributed by atoms with Crippen molar-refractivity contribution in [2.45, 2.75) is 20.8 Å². The lowest BCUT2D eigenvalue weighted by Gasteiger charge is -2.08. The highest BCUT2D eigenvalue weighted by Crippen LogP contribution is 2.08. The minimum atomic E-state index is -0.493. The molecule has 0 aliphatic rings. The maximum absolute atomic E-state index is 11.8. The van der Waals surface area contributed by atoms with Gasteiger partial charge in [0, 0.05) is 12.5 Å². The number of aryl methyl sites for hydroxylation is 2. The van der Waals surface area contributed by atoms with Crippen LogP contribution in [0.5, 0.6) is 0 Å². The molecule has 1 aromatic carbocycles. The Hall–Kier alpha value is -2.37. The molecular weight excluding hydrogens is 246 g/mol. The zero-order chi connectivity index (χ0) is 14.4. The predicted molar refractivity (Wildman–Crippen MR) is 70.2 cm³/mol. The van der Waals surface area contributed by atoms with Crippen molar-refractivity contribution in [2.24, 2.45) is 0 Å². The standard InChI is InChI=1S/C13H17N3O3/c1-8-4-9(2)6-11(5-8)13(19)14-7-12(18)16-15-10(3)17/h4-6H,7H2,1-3H3,(H,14,19)(H,15,17)(H,16,18). The van der Waals surface area contributed by atoms with Crippen LogP contribution in [0.1, 0.15) is 28.4 Å². The van der Waals surface area contributed by atoms with Crippen molar-refractivity contribution >= 4 is 17.7 Å². The van der Waals surface area contributed by atoms with Gasteiger partial charge in [-0.2, -0.15) is 0 Å². The predicted octanol–water partition coefficient (Wildman–Crippen LogP) is 0.201. The van der Waals surface area contributed by atoms with Gasteiger partial charge in [0.25, 0.3) is 11.8 Å². The van der Waals surface area contributed by atoms with E-state index in [1.807, 2.05) is 19.9 Å². The highest BCUT2D eigenvalue weighted by molar-refractivity contribution is 5.96. The van der Waals surface area contributed by atoms with Crippen LogP contribution in [-0.4, -0.2) is 24.3 Å². The number of carbonyl (C=O) groups is 3. The molecule has 0 bridgehead atoms. The summed E-state index contributed by atoms with van der Waals surface area (Å²) >= 11 is 0. The first-order valence-corrected chi connectivity index (χ1v) is 5.80. The molecular formula is C13H17N3O3. The van der Waals surface area contributed by atoms with Crippen LogP contribution in [0.3, 0.4) is 0 Å². The molecule has 0 aliphatic carbocycles. The van der Waals surface area contributed by atoms with E-state index in [0.29, 0.717) is 5.56 Å².